The largest absolute Gasteiger partial charge is 0.390 e. The summed E-state index contributed by atoms with van der Waals surface area (Å²) in [6, 6.07) is 27.4. The summed E-state index contributed by atoms with van der Waals surface area (Å²) in [7, 11) is 0. The van der Waals surface area contributed by atoms with Crippen LogP contribution in [0.2, 0.25) is 0 Å². The third-order valence-corrected chi connectivity index (χ3v) is 4.97. The summed E-state index contributed by atoms with van der Waals surface area (Å²) >= 11 is 0. The van der Waals surface area contributed by atoms with Gasteiger partial charge in [0.05, 0.1) is 23.9 Å². The summed E-state index contributed by atoms with van der Waals surface area (Å²) in [5, 5.41) is 25.8. The summed E-state index contributed by atoms with van der Waals surface area (Å²) in [6.07, 6.45) is -2.44. The third kappa shape index (κ3) is 3.48. The van der Waals surface area contributed by atoms with Gasteiger partial charge in [0.1, 0.15) is 6.10 Å². The molecule has 2 unspecified atom stereocenters. The van der Waals surface area contributed by atoms with E-state index in [1.165, 1.54) is 0 Å². The minimum atomic E-state index is -1.22. The van der Waals surface area contributed by atoms with E-state index in [0.29, 0.717) is 5.56 Å². The molecule has 4 aromatic rings. The minimum absolute atomic E-state index is 0.212. The number of aliphatic hydroxyl groups is 2. The third-order valence-electron chi connectivity index (χ3n) is 4.97. The van der Waals surface area contributed by atoms with E-state index in [0.717, 1.165) is 27.8 Å². The van der Waals surface area contributed by atoms with Crippen LogP contribution < -0.4 is 0 Å². The zero-order valence-corrected chi connectivity index (χ0v) is 15.6. The Hall–Kier alpha value is -3.57. The predicted octanol–water partition coefficient (Wildman–Crippen LogP) is 5.00. The van der Waals surface area contributed by atoms with Crippen molar-refractivity contribution < 1.29 is 10.2 Å². The Morgan fingerprint density at radius 2 is 1.48 bits per heavy atom. The molecule has 0 amide bonds. The lowest BCUT2D eigenvalue weighted by Gasteiger charge is -2.19. The van der Waals surface area contributed by atoms with Crippen LogP contribution in [0.4, 0.5) is 0 Å². The lowest BCUT2D eigenvalue weighted by Crippen LogP contribution is -2.21. The quantitative estimate of drug-likeness (QED) is 0.278. The van der Waals surface area contributed by atoms with Crippen LogP contribution in [0.25, 0.3) is 38.3 Å². The summed E-state index contributed by atoms with van der Waals surface area (Å²) in [4.78, 5) is 2.70. The molecule has 29 heavy (non-hydrogen) atoms. The van der Waals surface area contributed by atoms with Crippen molar-refractivity contribution in [2.24, 2.45) is 5.11 Å². The molecule has 0 aliphatic rings. The van der Waals surface area contributed by atoms with Crippen LogP contribution in [0, 0.1) is 0 Å². The normalized spacial score (nSPS) is 13.0. The van der Waals surface area contributed by atoms with Crippen LogP contribution >= 0.6 is 0 Å². The second-order valence-corrected chi connectivity index (χ2v) is 6.74. The first-order valence-electron chi connectivity index (χ1n) is 9.33. The number of rotatable bonds is 6. The maximum absolute atomic E-state index is 11.1. The highest BCUT2D eigenvalue weighted by Gasteiger charge is 2.28. The average molecular weight is 384 g/mol. The van der Waals surface area contributed by atoms with Crippen molar-refractivity contribution in [3.63, 3.8) is 0 Å². The van der Waals surface area contributed by atoms with Gasteiger partial charge in [-0.05, 0) is 29.3 Å². The van der Waals surface area contributed by atoms with Gasteiger partial charge in [-0.1, -0.05) is 71.8 Å². The van der Waals surface area contributed by atoms with Crippen LogP contribution in [0.5, 0.6) is 0 Å². The van der Waals surface area contributed by atoms with E-state index in [-0.39, 0.29) is 6.54 Å². The van der Waals surface area contributed by atoms with Crippen molar-refractivity contribution in [3.8, 4) is 16.9 Å². The fourth-order valence-electron chi connectivity index (χ4n) is 3.70. The molecule has 0 aliphatic carbocycles. The maximum Gasteiger partial charge on any atom is 0.108 e. The molecule has 4 rings (SSSR count). The van der Waals surface area contributed by atoms with Crippen molar-refractivity contribution in [3.05, 3.63) is 101 Å². The molecule has 0 fully saturated rings. The number of benzene rings is 3. The molecule has 0 radical (unpaired) electrons. The zero-order valence-electron chi connectivity index (χ0n) is 15.6. The molecule has 6 nitrogen and oxygen atoms in total. The molecule has 0 spiro atoms. The highest BCUT2D eigenvalue weighted by molar-refractivity contribution is 5.94. The number of aromatic nitrogens is 1. The fourth-order valence-corrected chi connectivity index (χ4v) is 3.70. The molecular weight excluding hydrogens is 364 g/mol. The number of hydrogen-bond acceptors (Lipinski definition) is 3. The number of aliphatic hydroxyl groups excluding tert-OH is 2. The molecule has 2 N–H and O–H groups in total. The molecule has 0 aliphatic heterocycles. The number of para-hydroxylation sites is 2. The molecule has 6 heteroatoms. The topological polar surface area (TPSA) is 94.2 Å². The second kappa shape index (κ2) is 8.20. The smallest absolute Gasteiger partial charge is 0.108 e. The number of hydrogen-bond donors (Lipinski definition) is 2. The summed E-state index contributed by atoms with van der Waals surface area (Å²) in [6.45, 7) is -0.212. The van der Waals surface area contributed by atoms with Crippen molar-refractivity contribution in [1.29, 1.82) is 0 Å². The first kappa shape index (κ1) is 18.8. The Morgan fingerprint density at radius 1 is 0.862 bits per heavy atom. The molecular formula is C23H20N4O2. The molecule has 3 aromatic carbocycles. The second-order valence-electron chi connectivity index (χ2n) is 6.74. The van der Waals surface area contributed by atoms with Gasteiger partial charge in [-0.3, -0.25) is 0 Å². The molecule has 0 saturated heterocycles. The average Bonchev–Trinajstić information content (AvgIpc) is 3.13. The fraction of sp³-hybridized carbons (Fsp3) is 0.130. The minimum Gasteiger partial charge on any atom is -0.390 e. The van der Waals surface area contributed by atoms with E-state index >= 15 is 0 Å². The van der Waals surface area contributed by atoms with Gasteiger partial charge in [-0.15, -0.1) is 0 Å². The Balaban J connectivity index is 2.06. The maximum atomic E-state index is 11.1. The Kier molecular flexibility index (Phi) is 5.31. The van der Waals surface area contributed by atoms with Gasteiger partial charge in [0, 0.05) is 21.5 Å². The van der Waals surface area contributed by atoms with Gasteiger partial charge in [0.2, 0.25) is 0 Å². The number of nitrogens with zero attached hydrogens (tertiary/aromatic N) is 4. The SMILES string of the molecule is [N-]=[N+]=NCC(O)C(O)c1c(-c2ccccc2)n(-c2ccccc2)c2ccccc12. The van der Waals surface area contributed by atoms with Crippen LogP contribution in [-0.2, 0) is 0 Å². The van der Waals surface area contributed by atoms with Crippen molar-refractivity contribution in [2.75, 3.05) is 6.54 Å². The van der Waals surface area contributed by atoms with Crippen molar-refractivity contribution in [1.82, 2.24) is 4.57 Å². The van der Waals surface area contributed by atoms with E-state index in [1.807, 2.05) is 84.9 Å². The lowest BCUT2D eigenvalue weighted by atomic mass is 9.97. The van der Waals surface area contributed by atoms with Crippen molar-refractivity contribution in [2.45, 2.75) is 12.2 Å². The molecule has 2 atom stereocenters. The van der Waals surface area contributed by atoms with Gasteiger partial charge in [-0.25, -0.2) is 0 Å². The lowest BCUT2D eigenvalue weighted by molar-refractivity contribution is 0.0256. The molecule has 1 heterocycles. The van der Waals surface area contributed by atoms with Crippen LogP contribution in [0.3, 0.4) is 0 Å². The highest BCUT2D eigenvalue weighted by atomic mass is 16.3. The van der Waals surface area contributed by atoms with E-state index in [1.54, 1.807) is 0 Å². The molecule has 0 bridgehead atoms. The van der Waals surface area contributed by atoms with Crippen molar-refractivity contribution >= 4 is 10.9 Å². The summed E-state index contributed by atoms with van der Waals surface area (Å²) < 4.78 is 2.09. The van der Waals surface area contributed by atoms with Gasteiger partial charge in [0.15, 0.2) is 0 Å². The number of fused-ring (bicyclic) bond motifs is 1. The standard InChI is InChI=1S/C23H20N4O2/c24-26-25-15-20(28)23(29)21-18-13-7-8-14-19(18)27(17-11-5-2-6-12-17)22(21)16-9-3-1-4-10-16/h1-14,20,23,28-29H,15H2. The van der Waals surface area contributed by atoms with Gasteiger partial charge < -0.3 is 14.8 Å². The summed E-state index contributed by atoms with van der Waals surface area (Å²) in [5.41, 5.74) is 12.8. The first-order valence-corrected chi connectivity index (χ1v) is 9.33. The van der Waals surface area contributed by atoms with E-state index < -0.39 is 12.2 Å². The van der Waals surface area contributed by atoms with Crippen LogP contribution in [0.15, 0.2) is 90.0 Å². The Bertz CT molecular complexity index is 1170. The van der Waals surface area contributed by atoms with E-state index in [2.05, 4.69) is 14.6 Å². The number of azide groups is 1. The monoisotopic (exact) mass is 384 g/mol. The Labute approximate surface area is 167 Å². The van der Waals surface area contributed by atoms with E-state index in [4.69, 9.17) is 5.53 Å². The predicted molar refractivity (Wildman–Crippen MR) is 114 cm³/mol. The highest BCUT2D eigenvalue weighted by Crippen LogP contribution is 2.40. The van der Waals surface area contributed by atoms with Gasteiger partial charge >= 0.3 is 0 Å². The van der Waals surface area contributed by atoms with E-state index in [9.17, 15) is 10.2 Å². The molecule has 0 saturated carbocycles. The zero-order chi connectivity index (χ0) is 20.2. The van der Waals surface area contributed by atoms with Gasteiger partial charge in [0.25, 0.3) is 0 Å². The molecule has 1 aromatic heterocycles. The van der Waals surface area contributed by atoms with Crippen LogP contribution in [0.1, 0.15) is 11.7 Å². The Morgan fingerprint density at radius 3 is 2.17 bits per heavy atom. The molecule has 144 valence electrons. The first-order chi connectivity index (χ1) is 14.2. The summed E-state index contributed by atoms with van der Waals surface area (Å²) in [5.74, 6) is 0. The van der Waals surface area contributed by atoms with Crippen LogP contribution in [-0.4, -0.2) is 27.4 Å². The van der Waals surface area contributed by atoms with Gasteiger partial charge in [-0.2, -0.15) is 0 Å².